The molecule has 0 aromatic heterocycles. The molecule has 0 spiro atoms. The Labute approximate surface area is 119 Å². The Balaban J connectivity index is 2.53. The van der Waals surface area contributed by atoms with Crippen LogP contribution in [0.25, 0.3) is 0 Å². The van der Waals surface area contributed by atoms with E-state index in [-0.39, 0.29) is 24.8 Å². The molecule has 2 atom stereocenters. The van der Waals surface area contributed by atoms with E-state index in [0.29, 0.717) is 19.4 Å². The molecular weight excluding hydrogens is 262 g/mol. The fourth-order valence-corrected chi connectivity index (χ4v) is 2.61. The van der Waals surface area contributed by atoms with Crippen LogP contribution in [0, 0.1) is 11.8 Å². The van der Waals surface area contributed by atoms with E-state index in [0.717, 1.165) is 12.8 Å². The fourth-order valence-electron chi connectivity index (χ4n) is 2.61. The average molecular weight is 285 g/mol. The largest absolute Gasteiger partial charge is 0.481 e. The number of aliphatic carboxylic acids is 1. The van der Waals surface area contributed by atoms with Crippen LogP contribution in [-0.4, -0.2) is 48.1 Å². The van der Waals surface area contributed by atoms with Crippen molar-refractivity contribution >= 4 is 17.8 Å². The van der Waals surface area contributed by atoms with Gasteiger partial charge in [0.25, 0.3) is 0 Å². The summed E-state index contributed by atoms with van der Waals surface area (Å²) in [6.45, 7) is 2.31. The summed E-state index contributed by atoms with van der Waals surface area (Å²) in [4.78, 5) is 36.2. The van der Waals surface area contributed by atoms with Crippen LogP contribution in [0.1, 0.15) is 39.0 Å². The standard InChI is InChI=1S/C14H23NO5/c1-3-20-12(16)8-9-15(2)13(17)10-6-4-5-7-11(10)14(18)19/h10-11H,3-9H2,1-2H3,(H,18,19)/t10-,11+/m1/s1. The van der Waals surface area contributed by atoms with E-state index < -0.39 is 17.8 Å². The molecule has 1 N–H and O–H groups in total. The highest BCUT2D eigenvalue weighted by Crippen LogP contribution is 2.31. The van der Waals surface area contributed by atoms with Crippen molar-refractivity contribution in [1.82, 2.24) is 4.90 Å². The van der Waals surface area contributed by atoms with Gasteiger partial charge in [-0.3, -0.25) is 14.4 Å². The second kappa shape index (κ2) is 7.87. The van der Waals surface area contributed by atoms with Crippen LogP contribution in [0.3, 0.4) is 0 Å². The van der Waals surface area contributed by atoms with Crippen molar-refractivity contribution in [1.29, 1.82) is 0 Å². The molecule has 0 aromatic carbocycles. The Morgan fingerprint density at radius 1 is 1.20 bits per heavy atom. The van der Waals surface area contributed by atoms with Gasteiger partial charge in [0.1, 0.15) is 0 Å². The number of esters is 1. The monoisotopic (exact) mass is 285 g/mol. The molecule has 6 heteroatoms. The quantitative estimate of drug-likeness (QED) is 0.743. The second-order valence-corrected chi connectivity index (χ2v) is 5.15. The van der Waals surface area contributed by atoms with Crippen LogP contribution in [0.5, 0.6) is 0 Å². The smallest absolute Gasteiger partial charge is 0.307 e. The number of rotatable bonds is 6. The van der Waals surface area contributed by atoms with Gasteiger partial charge in [0.05, 0.1) is 24.9 Å². The summed E-state index contributed by atoms with van der Waals surface area (Å²) < 4.78 is 4.81. The van der Waals surface area contributed by atoms with Crippen molar-refractivity contribution in [3.05, 3.63) is 0 Å². The van der Waals surface area contributed by atoms with Crippen LogP contribution in [-0.2, 0) is 19.1 Å². The van der Waals surface area contributed by atoms with E-state index in [1.54, 1.807) is 14.0 Å². The van der Waals surface area contributed by atoms with Crippen molar-refractivity contribution in [2.24, 2.45) is 11.8 Å². The summed E-state index contributed by atoms with van der Waals surface area (Å²) in [7, 11) is 1.61. The van der Waals surface area contributed by atoms with Gasteiger partial charge in [-0.1, -0.05) is 12.8 Å². The summed E-state index contributed by atoms with van der Waals surface area (Å²) in [6.07, 6.45) is 3.04. The maximum Gasteiger partial charge on any atom is 0.307 e. The molecule has 1 aliphatic carbocycles. The lowest BCUT2D eigenvalue weighted by Crippen LogP contribution is -2.41. The highest BCUT2D eigenvalue weighted by molar-refractivity contribution is 5.85. The lowest BCUT2D eigenvalue weighted by Gasteiger charge is -2.30. The van der Waals surface area contributed by atoms with Gasteiger partial charge in [0, 0.05) is 13.6 Å². The minimum atomic E-state index is -0.901. The minimum absolute atomic E-state index is 0.139. The van der Waals surface area contributed by atoms with Gasteiger partial charge in [-0.2, -0.15) is 0 Å². The van der Waals surface area contributed by atoms with Crippen LogP contribution in [0.2, 0.25) is 0 Å². The molecule has 20 heavy (non-hydrogen) atoms. The van der Waals surface area contributed by atoms with E-state index in [2.05, 4.69) is 0 Å². The molecule has 1 fully saturated rings. The SMILES string of the molecule is CCOC(=O)CCN(C)C(=O)[C@@H]1CCCC[C@@H]1C(=O)O. The molecule has 0 radical (unpaired) electrons. The summed E-state index contributed by atoms with van der Waals surface area (Å²) in [5, 5.41) is 9.18. The molecule has 114 valence electrons. The number of hydrogen-bond donors (Lipinski definition) is 1. The molecule has 0 aliphatic heterocycles. The zero-order valence-electron chi connectivity index (χ0n) is 12.1. The maximum absolute atomic E-state index is 12.3. The highest BCUT2D eigenvalue weighted by atomic mass is 16.5. The molecule has 0 aromatic rings. The number of carboxylic acids is 1. The Kier molecular flexibility index (Phi) is 6.48. The fraction of sp³-hybridized carbons (Fsp3) is 0.786. The van der Waals surface area contributed by atoms with E-state index in [9.17, 15) is 19.5 Å². The normalized spacial score (nSPS) is 22.1. The predicted molar refractivity (Wildman–Crippen MR) is 72.0 cm³/mol. The highest BCUT2D eigenvalue weighted by Gasteiger charge is 2.37. The number of carbonyl (C=O) groups is 3. The first-order chi connectivity index (χ1) is 9.47. The van der Waals surface area contributed by atoms with Gasteiger partial charge in [-0.25, -0.2) is 0 Å². The molecular formula is C14H23NO5. The van der Waals surface area contributed by atoms with E-state index in [4.69, 9.17) is 4.74 Å². The van der Waals surface area contributed by atoms with Crippen LogP contribution < -0.4 is 0 Å². The van der Waals surface area contributed by atoms with Crippen molar-refractivity contribution in [2.75, 3.05) is 20.2 Å². The number of ether oxygens (including phenoxy) is 1. The first-order valence-electron chi connectivity index (χ1n) is 7.10. The van der Waals surface area contributed by atoms with E-state index in [1.165, 1.54) is 4.90 Å². The van der Waals surface area contributed by atoms with Crippen molar-refractivity contribution in [3.8, 4) is 0 Å². The first kappa shape index (κ1) is 16.5. The third-order valence-corrected chi connectivity index (χ3v) is 3.73. The zero-order valence-corrected chi connectivity index (χ0v) is 12.1. The Morgan fingerprint density at radius 3 is 2.35 bits per heavy atom. The van der Waals surface area contributed by atoms with Gasteiger partial charge in [-0.05, 0) is 19.8 Å². The van der Waals surface area contributed by atoms with Crippen LogP contribution >= 0.6 is 0 Å². The molecule has 1 saturated carbocycles. The Bertz CT molecular complexity index is 369. The number of amides is 1. The third-order valence-electron chi connectivity index (χ3n) is 3.73. The topological polar surface area (TPSA) is 83.9 Å². The lowest BCUT2D eigenvalue weighted by atomic mass is 9.78. The summed E-state index contributed by atoms with van der Waals surface area (Å²) in [5.74, 6) is -2.48. The predicted octanol–water partition coefficient (Wildman–Crippen LogP) is 1.29. The van der Waals surface area contributed by atoms with Crippen molar-refractivity contribution < 1.29 is 24.2 Å². The summed E-state index contributed by atoms with van der Waals surface area (Å²) in [6, 6.07) is 0. The number of hydrogen-bond acceptors (Lipinski definition) is 4. The Hall–Kier alpha value is -1.59. The molecule has 0 bridgehead atoms. The number of nitrogens with zero attached hydrogens (tertiary/aromatic N) is 1. The minimum Gasteiger partial charge on any atom is -0.481 e. The van der Waals surface area contributed by atoms with Crippen molar-refractivity contribution in [2.45, 2.75) is 39.0 Å². The zero-order chi connectivity index (χ0) is 15.1. The van der Waals surface area contributed by atoms with Gasteiger partial charge in [0.2, 0.25) is 5.91 Å². The maximum atomic E-state index is 12.3. The molecule has 1 aliphatic rings. The summed E-state index contributed by atoms with van der Waals surface area (Å²) in [5.41, 5.74) is 0. The van der Waals surface area contributed by atoms with Crippen LogP contribution in [0.4, 0.5) is 0 Å². The van der Waals surface area contributed by atoms with Gasteiger partial charge >= 0.3 is 11.9 Å². The van der Waals surface area contributed by atoms with Gasteiger partial charge < -0.3 is 14.7 Å². The lowest BCUT2D eigenvalue weighted by molar-refractivity contribution is -0.152. The first-order valence-corrected chi connectivity index (χ1v) is 7.10. The molecule has 1 rings (SSSR count). The number of carbonyl (C=O) groups excluding carboxylic acids is 2. The van der Waals surface area contributed by atoms with Crippen LogP contribution in [0.15, 0.2) is 0 Å². The molecule has 0 unspecified atom stereocenters. The molecule has 1 amide bonds. The molecule has 0 saturated heterocycles. The van der Waals surface area contributed by atoms with E-state index in [1.807, 2.05) is 0 Å². The van der Waals surface area contributed by atoms with Gasteiger partial charge in [-0.15, -0.1) is 0 Å². The Morgan fingerprint density at radius 2 is 1.80 bits per heavy atom. The third kappa shape index (κ3) is 4.51. The molecule has 0 heterocycles. The number of carboxylic acid groups (broad SMARTS) is 1. The molecule has 6 nitrogen and oxygen atoms in total. The van der Waals surface area contributed by atoms with Gasteiger partial charge in [0.15, 0.2) is 0 Å². The average Bonchev–Trinajstić information content (AvgIpc) is 2.44. The summed E-state index contributed by atoms with van der Waals surface area (Å²) >= 11 is 0. The second-order valence-electron chi connectivity index (χ2n) is 5.15. The van der Waals surface area contributed by atoms with Crippen molar-refractivity contribution in [3.63, 3.8) is 0 Å². The van der Waals surface area contributed by atoms with E-state index >= 15 is 0 Å².